The number of hydrogen-bond acceptors (Lipinski definition) is 5. The van der Waals surface area contributed by atoms with E-state index in [1.165, 1.54) is 14.2 Å². The summed E-state index contributed by atoms with van der Waals surface area (Å²) in [4.78, 5) is 1.16. The van der Waals surface area contributed by atoms with E-state index in [1.54, 1.807) is 30.0 Å². The molecule has 4 nitrogen and oxygen atoms in total. The second-order valence-corrected chi connectivity index (χ2v) is 12.8. The summed E-state index contributed by atoms with van der Waals surface area (Å²) in [6.45, 7) is 2.23. The van der Waals surface area contributed by atoms with Crippen LogP contribution < -0.4 is 28.1 Å². The quantitative estimate of drug-likeness (QED) is 0.290. The summed E-state index contributed by atoms with van der Waals surface area (Å²) >= 11 is 1.31. The fourth-order valence-electron chi connectivity index (χ4n) is 2.67. The molecule has 2 aromatic rings. The van der Waals surface area contributed by atoms with Crippen LogP contribution in [0, 0.1) is 0 Å². The van der Waals surface area contributed by atoms with E-state index in [4.69, 9.17) is 0 Å². The van der Waals surface area contributed by atoms with Crippen LogP contribution in [0.15, 0.2) is 59.1 Å². The molecular weight excluding hydrogens is 574 g/mol. The fourth-order valence-corrected chi connectivity index (χ4v) is 8.60. The van der Waals surface area contributed by atoms with Crippen molar-refractivity contribution in [3.05, 3.63) is 59.8 Å². The van der Waals surface area contributed by atoms with Gasteiger partial charge in [0.1, 0.15) is 0 Å². The van der Waals surface area contributed by atoms with Gasteiger partial charge in [-0.1, -0.05) is 0 Å². The first-order valence-electron chi connectivity index (χ1n) is 8.04. The van der Waals surface area contributed by atoms with Crippen LogP contribution in [0.5, 0.6) is 11.5 Å². The zero-order valence-corrected chi connectivity index (χ0v) is 19.0. The average Bonchev–Trinajstić information content (AvgIpc) is 2.63. The molecule has 136 valence electrons. The molecule has 3 N–H and O–H groups in total. The van der Waals surface area contributed by atoms with Crippen molar-refractivity contribution >= 4 is 53.1 Å². The first-order valence-corrected chi connectivity index (χ1v) is 13.5. The van der Waals surface area contributed by atoms with Crippen LogP contribution in [0.3, 0.4) is 0 Å². The SMILES string of the molecule is CC[I-]N1/C(=C/C2=INc3cc(O)ccc3S2)C=Cc2cc(O)ccc21. The molecule has 0 fully saturated rings. The van der Waals surface area contributed by atoms with Crippen molar-refractivity contribution in [2.75, 3.05) is 11.1 Å². The van der Waals surface area contributed by atoms with Crippen molar-refractivity contribution in [1.82, 2.24) is 0 Å². The molecule has 0 unspecified atom stereocenters. The van der Waals surface area contributed by atoms with Crippen LogP contribution in [0.2, 0.25) is 0 Å². The number of fused-ring (bicyclic) bond motifs is 2. The van der Waals surface area contributed by atoms with Crippen LogP contribution in [0.25, 0.3) is 6.08 Å². The topological polar surface area (TPSA) is 55.7 Å². The summed E-state index contributed by atoms with van der Waals surface area (Å²) in [5, 5.41) is 19.4. The minimum atomic E-state index is -0.329. The summed E-state index contributed by atoms with van der Waals surface area (Å²) in [6.07, 6.45) is 6.53. The van der Waals surface area contributed by atoms with Gasteiger partial charge in [-0.15, -0.1) is 0 Å². The van der Waals surface area contributed by atoms with Gasteiger partial charge in [0.05, 0.1) is 0 Å². The molecule has 0 aromatic heterocycles. The van der Waals surface area contributed by atoms with Gasteiger partial charge in [-0.2, -0.15) is 0 Å². The number of alkyl halides is 1. The van der Waals surface area contributed by atoms with E-state index in [2.05, 4.69) is 31.8 Å². The van der Waals surface area contributed by atoms with Gasteiger partial charge in [-0.3, -0.25) is 0 Å². The van der Waals surface area contributed by atoms with Gasteiger partial charge in [0.2, 0.25) is 0 Å². The standard InChI is InChI=1S/C19H17I2N2O2S/c1-2-20-23-13(4-3-12-9-14(24)5-7-17(12)23)10-19-21-22-16-11-15(25)6-8-18(16)26-19/h3-11,22,24-25H,2H2,1H3/q-1/b13-10+. The molecule has 2 heterocycles. The molecule has 0 saturated heterocycles. The number of phenolic OH excluding ortho intramolecular Hbond substituents is 2. The van der Waals surface area contributed by atoms with E-state index in [9.17, 15) is 10.2 Å². The number of rotatable bonds is 3. The van der Waals surface area contributed by atoms with Crippen LogP contribution in [0.1, 0.15) is 12.5 Å². The number of benzene rings is 2. The molecule has 0 spiro atoms. The van der Waals surface area contributed by atoms with Crippen molar-refractivity contribution in [3.8, 4) is 11.5 Å². The van der Waals surface area contributed by atoms with Gasteiger partial charge in [0.25, 0.3) is 0 Å². The Balaban J connectivity index is 1.66. The molecule has 4 rings (SSSR count). The van der Waals surface area contributed by atoms with E-state index < -0.39 is 0 Å². The summed E-state index contributed by atoms with van der Waals surface area (Å²) in [5.74, 6) is 0.610. The van der Waals surface area contributed by atoms with Crippen LogP contribution in [-0.2, 0) is 0 Å². The predicted octanol–water partition coefficient (Wildman–Crippen LogP) is 2.07. The summed E-state index contributed by atoms with van der Waals surface area (Å²) in [6, 6.07) is 11.1. The van der Waals surface area contributed by atoms with Gasteiger partial charge >= 0.3 is 179 Å². The summed E-state index contributed by atoms with van der Waals surface area (Å²) in [7, 11) is 0. The number of nitrogens with zero attached hydrogens (tertiary/aromatic N) is 1. The average molecular weight is 591 g/mol. The molecule has 0 saturated carbocycles. The Morgan fingerprint density at radius 3 is 2.81 bits per heavy atom. The van der Waals surface area contributed by atoms with Gasteiger partial charge in [0, 0.05) is 0 Å². The number of hydrogen-bond donors (Lipinski definition) is 3. The van der Waals surface area contributed by atoms with Crippen LogP contribution in [0.4, 0.5) is 11.4 Å². The molecule has 0 amide bonds. The Bertz CT molecular complexity index is 957. The molecule has 7 heteroatoms. The molecule has 0 aliphatic carbocycles. The number of aromatic hydroxyl groups is 2. The molecular formula is C19H17I2N2O2S-. The van der Waals surface area contributed by atoms with Crippen LogP contribution >= 0.6 is 32.8 Å². The molecule has 0 bridgehead atoms. The van der Waals surface area contributed by atoms with Crippen molar-refractivity contribution in [3.63, 3.8) is 0 Å². The first kappa shape index (κ1) is 18.2. The molecule has 2 aliphatic heterocycles. The zero-order chi connectivity index (χ0) is 18.1. The molecule has 2 aromatic carbocycles. The third-order valence-electron chi connectivity index (χ3n) is 3.80. The van der Waals surface area contributed by atoms with Crippen molar-refractivity contribution in [2.24, 2.45) is 0 Å². The maximum atomic E-state index is 9.76. The van der Waals surface area contributed by atoms with Crippen LogP contribution in [-0.4, -0.2) is 17.5 Å². The zero-order valence-electron chi connectivity index (χ0n) is 13.9. The summed E-state index contributed by atoms with van der Waals surface area (Å²) < 4.78 is 8.44. The van der Waals surface area contributed by atoms with Gasteiger partial charge < -0.3 is 0 Å². The number of halogens is 2. The van der Waals surface area contributed by atoms with E-state index in [0.717, 1.165) is 20.6 Å². The van der Waals surface area contributed by atoms with Gasteiger partial charge in [-0.05, 0) is 0 Å². The normalized spacial score (nSPS) is 17.2. The van der Waals surface area contributed by atoms with Crippen molar-refractivity contribution in [1.29, 1.82) is 0 Å². The molecule has 2 aliphatic rings. The first-order chi connectivity index (χ1) is 12.6. The predicted molar refractivity (Wildman–Crippen MR) is 115 cm³/mol. The molecule has 0 radical (unpaired) electrons. The number of allylic oxidation sites excluding steroid dienone is 1. The number of anilines is 2. The Morgan fingerprint density at radius 2 is 1.96 bits per heavy atom. The van der Waals surface area contributed by atoms with E-state index >= 15 is 0 Å². The van der Waals surface area contributed by atoms with Crippen molar-refractivity contribution in [2.45, 2.75) is 11.8 Å². The van der Waals surface area contributed by atoms with E-state index in [1.807, 2.05) is 18.2 Å². The molecule has 26 heavy (non-hydrogen) atoms. The number of phenols is 2. The Kier molecular flexibility index (Phi) is 5.46. The third-order valence-corrected chi connectivity index (χ3v) is 10.00. The fraction of sp³-hybridized carbons (Fsp3) is 0.105. The van der Waals surface area contributed by atoms with Gasteiger partial charge in [0.15, 0.2) is 0 Å². The third kappa shape index (κ3) is 3.74. The Hall–Kier alpha value is -1.20. The monoisotopic (exact) mass is 591 g/mol. The second-order valence-electron chi connectivity index (χ2n) is 5.59. The Labute approximate surface area is 177 Å². The van der Waals surface area contributed by atoms with E-state index in [0.29, 0.717) is 11.5 Å². The Morgan fingerprint density at radius 1 is 1.15 bits per heavy atom. The van der Waals surface area contributed by atoms with E-state index in [-0.39, 0.29) is 42.5 Å². The maximum absolute atomic E-state index is 9.76. The summed E-state index contributed by atoms with van der Waals surface area (Å²) in [5.41, 5.74) is 4.51. The minimum absolute atomic E-state index is 0.151. The second kappa shape index (κ2) is 7.81. The molecule has 0 atom stereocenters. The van der Waals surface area contributed by atoms with Crippen molar-refractivity contribution < 1.29 is 31.7 Å². The number of nitrogens with one attached hydrogen (secondary N) is 1. The number of thioether (sulfide) groups is 1. The van der Waals surface area contributed by atoms with Gasteiger partial charge in [-0.25, -0.2) is 0 Å².